The minimum absolute atomic E-state index is 0.137. The molecule has 1 aromatic heterocycles. The molecule has 2 aliphatic carbocycles. The number of carbonyl (C=O) groups excluding carboxylic acids is 1. The maximum absolute atomic E-state index is 13.0. The van der Waals surface area contributed by atoms with E-state index < -0.39 is 0 Å². The molecule has 4 rings (SSSR count). The van der Waals surface area contributed by atoms with Crippen LogP contribution >= 0.6 is 0 Å². The van der Waals surface area contributed by atoms with Crippen LogP contribution in [-0.2, 0) is 20.7 Å². The van der Waals surface area contributed by atoms with Gasteiger partial charge in [-0.3, -0.25) is 4.79 Å². The van der Waals surface area contributed by atoms with Crippen molar-refractivity contribution in [3.63, 3.8) is 0 Å². The third kappa shape index (κ3) is 3.79. The van der Waals surface area contributed by atoms with E-state index in [4.69, 9.17) is 14.0 Å². The molecule has 3 aliphatic rings. The molecule has 3 fully saturated rings. The number of hydrogen-bond donors (Lipinski definition) is 0. The van der Waals surface area contributed by atoms with Crippen LogP contribution < -0.4 is 0 Å². The minimum atomic E-state index is -0.182. The number of aromatic nitrogens is 1. The van der Waals surface area contributed by atoms with Gasteiger partial charge in [0.1, 0.15) is 5.76 Å². The van der Waals surface area contributed by atoms with Gasteiger partial charge in [-0.2, -0.15) is 0 Å². The summed E-state index contributed by atoms with van der Waals surface area (Å²) in [7, 11) is 1.80. The number of hydrogen-bond acceptors (Lipinski definition) is 5. The average Bonchev–Trinajstić information content (AvgIpc) is 3.35. The average molecular weight is 376 g/mol. The van der Waals surface area contributed by atoms with Crippen molar-refractivity contribution < 1.29 is 18.8 Å². The van der Waals surface area contributed by atoms with Crippen molar-refractivity contribution in [1.29, 1.82) is 0 Å². The van der Waals surface area contributed by atoms with Gasteiger partial charge in [0.15, 0.2) is 0 Å². The molecule has 0 spiro atoms. The molecule has 1 amide bonds. The Bertz CT molecular complexity index is 664. The molecule has 0 bridgehead atoms. The van der Waals surface area contributed by atoms with Crippen LogP contribution in [0.1, 0.15) is 62.0 Å². The van der Waals surface area contributed by atoms with Crippen molar-refractivity contribution in [2.45, 2.75) is 83.0 Å². The van der Waals surface area contributed by atoms with Gasteiger partial charge in [-0.15, -0.1) is 0 Å². The van der Waals surface area contributed by atoms with Gasteiger partial charge in [-0.05, 0) is 64.7 Å². The van der Waals surface area contributed by atoms with Gasteiger partial charge in [0.05, 0.1) is 23.4 Å². The molecule has 0 unspecified atom stereocenters. The quantitative estimate of drug-likeness (QED) is 0.731. The Hall–Kier alpha value is -1.40. The van der Waals surface area contributed by atoms with Crippen LogP contribution in [0.25, 0.3) is 0 Å². The number of carbonyl (C=O) groups is 1. The fraction of sp³-hybridized carbons (Fsp3) is 0.810. The number of nitrogens with zero attached hydrogens (tertiary/aromatic N) is 2. The predicted molar refractivity (Wildman–Crippen MR) is 100 cm³/mol. The Labute approximate surface area is 161 Å². The second-order valence-electron chi connectivity index (χ2n) is 8.60. The molecule has 1 aromatic rings. The van der Waals surface area contributed by atoms with Gasteiger partial charge in [0.25, 0.3) is 0 Å². The van der Waals surface area contributed by atoms with Crippen molar-refractivity contribution in [2.75, 3.05) is 20.3 Å². The SMILES string of the molecule is CO[C@@]12CC[C@@H](OCC3CC3)C[C@@H]1N(C(=O)CCc1c(C)noc1C)CC2. The van der Waals surface area contributed by atoms with Gasteiger partial charge in [0, 0.05) is 32.2 Å². The van der Waals surface area contributed by atoms with E-state index >= 15 is 0 Å². The van der Waals surface area contributed by atoms with Crippen LogP contribution in [0.3, 0.4) is 0 Å². The van der Waals surface area contributed by atoms with Crippen molar-refractivity contribution >= 4 is 5.91 Å². The molecule has 0 N–H and O–H groups in total. The van der Waals surface area contributed by atoms with Crippen molar-refractivity contribution in [1.82, 2.24) is 10.1 Å². The largest absolute Gasteiger partial charge is 0.378 e. The summed E-state index contributed by atoms with van der Waals surface area (Å²) in [5.41, 5.74) is 1.77. The lowest BCUT2D eigenvalue weighted by molar-refractivity contribution is -0.141. The number of fused-ring (bicyclic) bond motifs is 1. The van der Waals surface area contributed by atoms with Gasteiger partial charge in [-0.25, -0.2) is 0 Å². The lowest BCUT2D eigenvalue weighted by atomic mass is 9.79. The monoisotopic (exact) mass is 376 g/mol. The molecule has 1 aliphatic heterocycles. The zero-order valence-corrected chi connectivity index (χ0v) is 16.8. The summed E-state index contributed by atoms with van der Waals surface area (Å²) >= 11 is 0. The second-order valence-corrected chi connectivity index (χ2v) is 8.60. The summed E-state index contributed by atoms with van der Waals surface area (Å²) in [4.78, 5) is 15.1. The van der Waals surface area contributed by atoms with Gasteiger partial charge >= 0.3 is 0 Å². The van der Waals surface area contributed by atoms with Crippen LogP contribution in [-0.4, -0.2) is 54.0 Å². The second kappa shape index (κ2) is 7.55. The first-order valence-electron chi connectivity index (χ1n) is 10.4. The number of amides is 1. The van der Waals surface area contributed by atoms with Crippen LogP contribution in [0.2, 0.25) is 0 Å². The number of ether oxygens (including phenoxy) is 2. The highest BCUT2D eigenvalue weighted by atomic mass is 16.5. The Morgan fingerprint density at radius 2 is 2.11 bits per heavy atom. The van der Waals surface area contributed by atoms with Crippen LogP contribution in [0, 0.1) is 19.8 Å². The zero-order valence-electron chi connectivity index (χ0n) is 16.8. The van der Waals surface area contributed by atoms with E-state index in [0.717, 1.165) is 61.8 Å². The molecular formula is C21H32N2O4. The molecule has 2 saturated carbocycles. The lowest BCUT2D eigenvalue weighted by Gasteiger charge is -2.43. The van der Waals surface area contributed by atoms with E-state index in [0.29, 0.717) is 12.8 Å². The Kier molecular flexibility index (Phi) is 5.30. The Morgan fingerprint density at radius 1 is 1.30 bits per heavy atom. The van der Waals surface area contributed by atoms with Crippen LogP contribution in [0.4, 0.5) is 0 Å². The minimum Gasteiger partial charge on any atom is -0.378 e. The molecule has 6 heteroatoms. The van der Waals surface area contributed by atoms with E-state index in [1.54, 1.807) is 7.11 Å². The third-order valence-electron chi connectivity index (χ3n) is 6.90. The van der Waals surface area contributed by atoms with Crippen LogP contribution in [0.5, 0.6) is 0 Å². The number of rotatable bonds is 7. The molecular weight excluding hydrogens is 344 g/mol. The van der Waals surface area contributed by atoms with E-state index in [1.807, 2.05) is 13.8 Å². The summed E-state index contributed by atoms with van der Waals surface area (Å²) < 4.78 is 17.4. The van der Waals surface area contributed by atoms with E-state index in [2.05, 4.69) is 10.1 Å². The summed E-state index contributed by atoms with van der Waals surface area (Å²) in [6, 6.07) is 0.137. The fourth-order valence-corrected chi connectivity index (χ4v) is 4.90. The molecule has 1 saturated heterocycles. The first-order valence-corrected chi connectivity index (χ1v) is 10.4. The number of likely N-dealkylation sites (tertiary alicyclic amines) is 1. The molecule has 150 valence electrons. The molecule has 3 atom stereocenters. The maximum atomic E-state index is 13.0. The number of aryl methyl sites for hydroxylation is 2. The highest BCUT2D eigenvalue weighted by molar-refractivity contribution is 5.77. The first-order chi connectivity index (χ1) is 13.0. The van der Waals surface area contributed by atoms with Gasteiger partial charge in [-0.1, -0.05) is 5.16 Å². The zero-order chi connectivity index (χ0) is 19.0. The first kappa shape index (κ1) is 18.9. The predicted octanol–water partition coefficient (Wildman–Crippen LogP) is 3.19. The van der Waals surface area contributed by atoms with Gasteiger partial charge < -0.3 is 18.9 Å². The van der Waals surface area contributed by atoms with E-state index in [1.165, 1.54) is 12.8 Å². The molecule has 6 nitrogen and oxygen atoms in total. The maximum Gasteiger partial charge on any atom is 0.223 e. The summed E-state index contributed by atoms with van der Waals surface area (Å²) in [5.74, 6) is 1.80. The molecule has 0 aromatic carbocycles. The highest BCUT2D eigenvalue weighted by Crippen LogP contribution is 2.44. The molecule has 0 radical (unpaired) electrons. The topological polar surface area (TPSA) is 64.8 Å². The van der Waals surface area contributed by atoms with Crippen molar-refractivity contribution in [3.8, 4) is 0 Å². The van der Waals surface area contributed by atoms with E-state index in [9.17, 15) is 4.79 Å². The fourth-order valence-electron chi connectivity index (χ4n) is 4.90. The highest BCUT2D eigenvalue weighted by Gasteiger charge is 2.52. The Balaban J connectivity index is 1.39. The van der Waals surface area contributed by atoms with E-state index in [-0.39, 0.29) is 23.7 Å². The molecule has 27 heavy (non-hydrogen) atoms. The normalized spacial score (nSPS) is 30.6. The standard InChI is InChI=1S/C21H32N2O4/c1-14-18(15(2)27-22-14)6-7-20(24)23-11-10-21(25-3)9-8-17(12-19(21)23)26-13-16-4-5-16/h16-17,19H,4-13H2,1-3H3/t17-,19+,21-/m1/s1. The smallest absolute Gasteiger partial charge is 0.223 e. The summed E-state index contributed by atoms with van der Waals surface area (Å²) in [6.07, 6.45) is 7.91. The Morgan fingerprint density at radius 3 is 2.78 bits per heavy atom. The number of methoxy groups -OCH3 is 1. The lowest BCUT2D eigenvalue weighted by Crippen LogP contribution is -2.53. The van der Waals surface area contributed by atoms with Gasteiger partial charge in [0.2, 0.25) is 5.91 Å². The van der Waals surface area contributed by atoms with Crippen LogP contribution in [0.15, 0.2) is 4.52 Å². The summed E-state index contributed by atoms with van der Waals surface area (Å²) in [6.45, 7) is 5.52. The summed E-state index contributed by atoms with van der Waals surface area (Å²) in [5, 5.41) is 3.99. The molecule has 2 heterocycles. The van der Waals surface area contributed by atoms with Crippen molar-refractivity contribution in [3.05, 3.63) is 17.0 Å². The van der Waals surface area contributed by atoms with Crippen molar-refractivity contribution in [2.24, 2.45) is 5.92 Å². The third-order valence-corrected chi connectivity index (χ3v) is 6.90.